The van der Waals surface area contributed by atoms with Crippen molar-refractivity contribution in [3.8, 4) is 17.2 Å². The standard InChI is InChI=1S/C15H23N3O3.BrH/c1-19-12-9-13(20-2)11-14(10-12)21-8-7-18-15-16-5-3-4-6-17-15;/h9-11H,3-8H2,1-2H3,(H2,16,17,18);1H. The van der Waals surface area contributed by atoms with Crippen LogP contribution >= 0.6 is 17.0 Å². The fourth-order valence-corrected chi connectivity index (χ4v) is 2.01. The monoisotopic (exact) mass is 373 g/mol. The number of nitrogens with zero attached hydrogens (tertiary/aromatic N) is 1. The summed E-state index contributed by atoms with van der Waals surface area (Å²) in [6.45, 7) is 3.07. The molecule has 1 aromatic rings. The van der Waals surface area contributed by atoms with Gasteiger partial charge in [-0.25, -0.2) is 0 Å². The summed E-state index contributed by atoms with van der Waals surface area (Å²) in [6.07, 6.45) is 2.30. The molecule has 0 unspecified atom stereocenters. The van der Waals surface area contributed by atoms with Crippen molar-refractivity contribution in [3.63, 3.8) is 0 Å². The molecule has 22 heavy (non-hydrogen) atoms. The van der Waals surface area contributed by atoms with Crippen LogP contribution in [-0.2, 0) is 0 Å². The van der Waals surface area contributed by atoms with Crippen LogP contribution in [0.1, 0.15) is 12.8 Å². The smallest absolute Gasteiger partial charge is 0.191 e. The SMILES string of the molecule is Br.COc1cc(OC)cc(OCCNC2=NCCCCN2)c1. The molecule has 0 atom stereocenters. The minimum absolute atomic E-state index is 0. The molecule has 2 rings (SSSR count). The van der Waals surface area contributed by atoms with E-state index in [1.165, 1.54) is 0 Å². The van der Waals surface area contributed by atoms with E-state index < -0.39 is 0 Å². The zero-order valence-electron chi connectivity index (χ0n) is 13.1. The fourth-order valence-electron chi connectivity index (χ4n) is 2.01. The molecule has 0 radical (unpaired) electrons. The molecule has 0 amide bonds. The van der Waals surface area contributed by atoms with Crippen LogP contribution in [0.2, 0.25) is 0 Å². The molecular formula is C15H24BrN3O3. The maximum absolute atomic E-state index is 5.71. The molecule has 0 aromatic heterocycles. The number of guanidine groups is 1. The Labute approximate surface area is 142 Å². The summed E-state index contributed by atoms with van der Waals surface area (Å²) in [5, 5.41) is 6.50. The molecular weight excluding hydrogens is 350 g/mol. The molecule has 0 spiro atoms. The van der Waals surface area contributed by atoms with Gasteiger partial charge in [0.15, 0.2) is 5.96 Å². The van der Waals surface area contributed by atoms with E-state index in [1.807, 2.05) is 18.2 Å². The van der Waals surface area contributed by atoms with Crippen molar-refractivity contribution in [2.24, 2.45) is 4.99 Å². The lowest BCUT2D eigenvalue weighted by atomic mass is 10.3. The number of hydrogen-bond donors (Lipinski definition) is 2. The molecule has 2 N–H and O–H groups in total. The first-order chi connectivity index (χ1) is 10.3. The lowest BCUT2D eigenvalue weighted by Crippen LogP contribution is -2.39. The Balaban J connectivity index is 0.00000242. The van der Waals surface area contributed by atoms with Gasteiger partial charge >= 0.3 is 0 Å². The highest BCUT2D eigenvalue weighted by atomic mass is 79.9. The Bertz CT molecular complexity index is 461. The quantitative estimate of drug-likeness (QED) is 0.746. The molecule has 0 fully saturated rings. The molecule has 0 bridgehead atoms. The molecule has 0 saturated heterocycles. The highest BCUT2D eigenvalue weighted by Crippen LogP contribution is 2.27. The molecule has 1 heterocycles. The summed E-state index contributed by atoms with van der Waals surface area (Å²) in [7, 11) is 3.24. The Morgan fingerprint density at radius 1 is 1.09 bits per heavy atom. The fraction of sp³-hybridized carbons (Fsp3) is 0.533. The first kappa shape index (κ1) is 18.4. The van der Waals surface area contributed by atoms with Gasteiger partial charge in [-0.2, -0.15) is 0 Å². The number of nitrogens with one attached hydrogen (secondary N) is 2. The first-order valence-corrected chi connectivity index (χ1v) is 7.20. The lowest BCUT2D eigenvalue weighted by Gasteiger charge is -2.12. The van der Waals surface area contributed by atoms with Crippen LogP contribution in [0.15, 0.2) is 23.2 Å². The van der Waals surface area contributed by atoms with Gasteiger partial charge in [0.2, 0.25) is 0 Å². The van der Waals surface area contributed by atoms with Crippen molar-refractivity contribution in [1.82, 2.24) is 10.6 Å². The van der Waals surface area contributed by atoms with E-state index in [1.54, 1.807) is 14.2 Å². The van der Waals surface area contributed by atoms with Crippen LogP contribution in [0.3, 0.4) is 0 Å². The van der Waals surface area contributed by atoms with Crippen molar-refractivity contribution in [3.05, 3.63) is 18.2 Å². The van der Waals surface area contributed by atoms with E-state index >= 15 is 0 Å². The van der Waals surface area contributed by atoms with Crippen molar-refractivity contribution in [1.29, 1.82) is 0 Å². The summed E-state index contributed by atoms with van der Waals surface area (Å²) >= 11 is 0. The molecule has 0 aliphatic carbocycles. The van der Waals surface area contributed by atoms with Gasteiger partial charge in [-0.05, 0) is 12.8 Å². The van der Waals surface area contributed by atoms with Crippen molar-refractivity contribution in [2.45, 2.75) is 12.8 Å². The highest BCUT2D eigenvalue weighted by Gasteiger charge is 2.04. The van der Waals surface area contributed by atoms with E-state index in [-0.39, 0.29) is 17.0 Å². The third-order valence-electron chi connectivity index (χ3n) is 3.14. The summed E-state index contributed by atoms with van der Waals surface area (Å²) in [4.78, 5) is 4.42. The number of benzene rings is 1. The van der Waals surface area contributed by atoms with Gasteiger partial charge < -0.3 is 24.8 Å². The largest absolute Gasteiger partial charge is 0.496 e. The van der Waals surface area contributed by atoms with Crippen LogP contribution in [0.25, 0.3) is 0 Å². The van der Waals surface area contributed by atoms with Crippen LogP contribution in [0, 0.1) is 0 Å². The van der Waals surface area contributed by atoms with Gasteiger partial charge in [0.05, 0.1) is 20.8 Å². The van der Waals surface area contributed by atoms with Crippen molar-refractivity contribution < 1.29 is 14.2 Å². The van der Waals surface area contributed by atoms with Gasteiger partial charge in [-0.3, -0.25) is 4.99 Å². The third kappa shape index (κ3) is 6.01. The zero-order valence-corrected chi connectivity index (χ0v) is 14.8. The number of hydrogen-bond acceptors (Lipinski definition) is 6. The van der Waals surface area contributed by atoms with E-state index in [0.717, 1.165) is 37.6 Å². The minimum Gasteiger partial charge on any atom is -0.496 e. The molecule has 1 aliphatic heterocycles. The molecule has 1 aliphatic rings. The van der Waals surface area contributed by atoms with Gasteiger partial charge in [-0.15, -0.1) is 17.0 Å². The maximum atomic E-state index is 5.71. The second-order valence-electron chi connectivity index (χ2n) is 4.69. The second kappa shape index (κ2) is 10.2. The second-order valence-corrected chi connectivity index (χ2v) is 4.69. The summed E-state index contributed by atoms with van der Waals surface area (Å²) in [6, 6.07) is 5.49. The highest BCUT2D eigenvalue weighted by molar-refractivity contribution is 8.93. The van der Waals surface area contributed by atoms with Crippen LogP contribution in [0.5, 0.6) is 17.2 Å². The van der Waals surface area contributed by atoms with Crippen LogP contribution in [0.4, 0.5) is 0 Å². The van der Waals surface area contributed by atoms with Gasteiger partial charge in [0.25, 0.3) is 0 Å². The van der Waals surface area contributed by atoms with Crippen molar-refractivity contribution in [2.75, 3.05) is 40.5 Å². The molecule has 0 saturated carbocycles. The number of aliphatic imine (C=N–C) groups is 1. The normalized spacial score (nSPS) is 13.8. The lowest BCUT2D eigenvalue weighted by molar-refractivity contribution is 0.315. The molecule has 6 nitrogen and oxygen atoms in total. The molecule has 7 heteroatoms. The number of methoxy groups -OCH3 is 2. The van der Waals surface area contributed by atoms with Crippen LogP contribution < -0.4 is 24.8 Å². The molecule has 1 aromatic carbocycles. The van der Waals surface area contributed by atoms with Crippen LogP contribution in [-0.4, -0.2) is 46.4 Å². The Hall–Kier alpha value is -1.63. The Morgan fingerprint density at radius 3 is 2.45 bits per heavy atom. The summed E-state index contributed by atoms with van der Waals surface area (Å²) in [5.74, 6) is 3.02. The van der Waals surface area contributed by atoms with E-state index in [2.05, 4.69) is 15.6 Å². The minimum atomic E-state index is 0. The van der Waals surface area contributed by atoms with E-state index in [9.17, 15) is 0 Å². The average molecular weight is 374 g/mol. The van der Waals surface area contributed by atoms with E-state index in [0.29, 0.717) is 24.7 Å². The number of rotatable bonds is 6. The third-order valence-corrected chi connectivity index (χ3v) is 3.14. The average Bonchev–Trinajstić information content (AvgIpc) is 2.80. The Morgan fingerprint density at radius 2 is 1.77 bits per heavy atom. The number of halogens is 1. The summed E-state index contributed by atoms with van der Waals surface area (Å²) < 4.78 is 16.1. The topological polar surface area (TPSA) is 64.1 Å². The Kier molecular flexibility index (Phi) is 8.50. The first-order valence-electron chi connectivity index (χ1n) is 7.20. The predicted octanol–water partition coefficient (Wildman–Crippen LogP) is 1.99. The van der Waals surface area contributed by atoms with E-state index in [4.69, 9.17) is 14.2 Å². The van der Waals surface area contributed by atoms with Gasteiger partial charge in [0, 0.05) is 31.3 Å². The maximum Gasteiger partial charge on any atom is 0.191 e. The summed E-state index contributed by atoms with van der Waals surface area (Å²) in [5.41, 5.74) is 0. The molecule has 124 valence electrons. The zero-order chi connectivity index (χ0) is 14.9. The number of ether oxygens (including phenoxy) is 3. The van der Waals surface area contributed by atoms with Crippen molar-refractivity contribution >= 4 is 22.9 Å². The predicted molar refractivity (Wildman–Crippen MR) is 92.9 cm³/mol. The van der Waals surface area contributed by atoms with Gasteiger partial charge in [-0.1, -0.05) is 0 Å². The van der Waals surface area contributed by atoms with Gasteiger partial charge in [0.1, 0.15) is 23.9 Å².